The molecule has 1 aliphatic heterocycles. The summed E-state index contributed by atoms with van der Waals surface area (Å²) in [5.41, 5.74) is 0.214. The second-order valence-corrected chi connectivity index (χ2v) is 4.87. The first-order chi connectivity index (χ1) is 9.15. The van der Waals surface area contributed by atoms with Crippen LogP contribution in [0.15, 0.2) is 24.3 Å². The van der Waals surface area contributed by atoms with Crippen LogP contribution in [0.2, 0.25) is 0 Å². The molecule has 0 spiro atoms. The number of amides is 1. The smallest absolute Gasteiger partial charge is 0.225 e. The Morgan fingerprint density at radius 2 is 2.26 bits per heavy atom. The first kappa shape index (κ1) is 14.0. The average molecular weight is 266 g/mol. The highest BCUT2D eigenvalue weighted by Gasteiger charge is 2.18. The summed E-state index contributed by atoms with van der Waals surface area (Å²) in [5, 5.41) is 12.1. The van der Waals surface area contributed by atoms with Gasteiger partial charge in [0.1, 0.15) is 5.82 Å². The number of aliphatic hydroxyl groups excluding tert-OH is 1. The van der Waals surface area contributed by atoms with E-state index in [4.69, 9.17) is 0 Å². The predicted molar refractivity (Wildman–Crippen MR) is 71.3 cm³/mol. The molecular formula is C14H19FN2O2. The molecule has 1 atom stereocenters. The molecule has 5 heteroatoms. The molecule has 1 heterocycles. The summed E-state index contributed by atoms with van der Waals surface area (Å²) >= 11 is 0. The molecule has 0 aromatic heterocycles. The molecule has 1 amide bonds. The Morgan fingerprint density at radius 3 is 3.00 bits per heavy atom. The monoisotopic (exact) mass is 266 g/mol. The van der Waals surface area contributed by atoms with Gasteiger partial charge in [0.15, 0.2) is 0 Å². The zero-order valence-corrected chi connectivity index (χ0v) is 10.8. The van der Waals surface area contributed by atoms with Crippen molar-refractivity contribution in [2.45, 2.75) is 25.4 Å². The van der Waals surface area contributed by atoms with Gasteiger partial charge in [0.25, 0.3) is 0 Å². The molecule has 1 unspecified atom stereocenters. The fraction of sp³-hybridized carbons (Fsp3) is 0.500. The highest BCUT2D eigenvalue weighted by molar-refractivity contribution is 5.90. The molecule has 104 valence electrons. The number of β-amino-alcohol motifs (C(OH)–C–C–N with tert-alkyl or cyclic N) is 1. The highest BCUT2D eigenvalue weighted by Crippen LogP contribution is 2.13. The number of anilines is 1. The molecule has 4 nitrogen and oxygen atoms in total. The minimum atomic E-state index is -0.427. The molecular weight excluding hydrogens is 247 g/mol. The van der Waals surface area contributed by atoms with Crippen LogP contribution < -0.4 is 5.32 Å². The van der Waals surface area contributed by atoms with Gasteiger partial charge in [0, 0.05) is 19.5 Å². The molecule has 19 heavy (non-hydrogen) atoms. The van der Waals surface area contributed by atoms with Crippen LogP contribution in [0, 0.1) is 5.82 Å². The lowest BCUT2D eigenvalue weighted by Crippen LogP contribution is -2.39. The third-order valence-corrected chi connectivity index (χ3v) is 3.28. The van der Waals surface area contributed by atoms with Gasteiger partial charge in [-0.25, -0.2) is 4.39 Å². The third-order valence-electron chi connectivity index (χ3n) is 3.28. The first-order valence-electron chi connectivity index (χ1n) is 6.60. The van der Waals surface area contributed by atoms with Crippen LogP contribution >= 0.6 is 0 Å². The van der Waals surface area contributed by atoms with Crippen molar-refractivity contribution in [1.82, 2.24) is 4.90 Å². The maximum absolute atomic E-state index is 13.3. The Hall–Kier alpha value is -1.46. The molecule has 2 N–H and O–H groups in total. The Bertz CT molecular complexity index is 439. The summed E-state index contributed by atoms with van der Waals surface area (Å²) in [6.45, 7) is 2.12. The van der Waals surface area contributed by atoms with Crippen LogP contribution in [0.25, 0.3) is 0 Å². The summed E-state index contributed by atoms with van der Waals surface area (Å²) in [6, 6.07) is 6.12. The van der Waals surface area contributed by atoms with Gasteiger partial charge in [-0.1, -0.05) is 12.1 Å². The zero-order valence-electron chi connectivity index (χ0n) is 10.8. The number of nitrogens with zero attached hydrogens (tertiary/aromatic N) is 1. The molecule has 1 fully saturated rings. The molecule has 2 rings (SSSR count). The normalized spacial score (nSPS) is 20.2. The fourth-order valence-electron chi connectivity index (χ4n) is 2.27. The van der Waals surface area contributed by atoms with Gasteiger partial charge < -0.3 is 15.3 Å². The van der Waals surface area contributed by atoms with Gasteiger partial charge in [-0.2, -0.15) is 0 Å². The maximum Gasteiger partial charge on any atom is 0.225 e. The number of benzene rings is 1. The molecule has 0 radical (unpaired) electrons. The summed E-state index contributed by atoms with van der Waals surface area (Å²) < 4.78 is 13.3. The predicted octanol–water partition coefficient (Wildman–Crippen LogP) is 1.61. The van der Waals surface area contributed by atoms with Crippen LogP contribution in [-0.4, -0.2) is 41.7 Å². The Morgan fingerprint density at radius 1 is 1.47 bits per heavy atom. The number of carbonyl (C=O) groups excluding carboxylic acids is 1. The standard InChI is InChI=1S/C14H19FN2O2/c15-12-5-1-2-6-13(12)16-14(19)7-9-17-8-3-4-11(18)10-17/h1-2,5-6,11,18H,3-4,7-10H2,(H,16,19). The van der Waals surface area contributed by atoms with Gasteiger partial charge in [0.05, 0.1) is 11.8 Å². The molecule has 0 saturated carbocycles. The molecule has 0 aliphatic carbocycles. The first-order valence-corrected chi connectivity index (χ1v) is 6.60. The van der Waals surface area contributed by atoms with E-state index in [0.29, 0.717) is 19.5 Å². The molecule has 1 aromatic rings. The van der Waals surface area contributed by atoms with E-state index in [1.54, 1.807) is 12.1 Å². The van der Waals surface area contributed by atoms with E-state index in [1.807, 2.05) is 0 Å². The number of carbonyl (C=O) groups is 1. The van der Waals surface area contributed by atoms with Gasteiger partial charge >= 0.3 is 0 Å². The molecule has 1 aromatic carbocycles. The van der Waals surface area contributed by atoms with E-state index in [1.165, 1.54) is 12.1 Å². The molecule has 1 saturated heterocycles. The lowest BCUT2D eigenvalue weighted by Gasteiger charge is -2.29. The number of piperidine rings is 1. The molecule has 1 aliphatic rings. The zero-order chi connectivity index (χ0) is 13.7. The summed E-state index contributed by atoms with van der Waals surface area (Å²) in [7, 11) is 0. The van der Waals surface area contributed by atoms with Crippen molar-refractivity contribution < 1.29 is 14.3 Å². The Balaban J connectivity index is 1.77. The van der Waals surface area contributed by atoms with Crippen molar-refractivity contribution >= 4 is 11.6 Å². The second kappa shape index (κ2) is 6.63. The minimum absolute atomic E-state index is 0.204. The number of rotatable bonds is 4. The van der Waals surface area contributed by atoms with E-state index in [9.17, 15) is 14.3 Å². The number of nitrogens with one attached hydrogen (secondary N) is 1. The number of aliphatic hydroxyl groups is 1. The topological polar surface area (TPSA) is 52.6 Å². The minimum Gasteiger partial charge on any atom is -0.392 e. The van der Waals surface area contributed by atoms with E-state index in [-0.39, 0.29) is 17.7 Å². The summed E-state index contributed by atoms with van der Waals surface area (Å²) in [4.78, 5) is 13.8. The summed E-state index contributed by atoms with van der Waals surface area (Å²) in [5.74, 6) is -0.630. The SMILES string of the molecule is O=C(CCN1CCCC(O)C1)Nc1ccccc1F. The lowest BCUT2D eigenvalue weighted by molar-refractivity contribution is -0.116. The number of para-hydroxylation sites is 1. The largest absolute Gasteiger partial charge is 0.392 e. The summed E-state index contributed by atoms with van der Waals surface area (Å²) in [6.07, 6.45) is 1.80. The number of hydrogen-bond donors (Lipinski definition) is 2. The highest BCUT2D eigenvalue weighted by atomic mass is 19.1. The number of hydrogen-bond acceptors (Lipinski definition) is 3. The van der Waals surface area contributed by atoms with Crippen LogP contribution in [0.3, 0.4) is 0 Å². The number of likely N-dealkylation sites (tertiary alicyclic amines) is 1. The van der Waals surface area contributed by atoms with Crippen molar-refractivity contribution in [2.75, 3.05) is 25.0 Å². The number of halogens is 1. The van der Waals surface area contributed by atoms with E-state index in [2.05, 4.69) is 10.2 Å². The maximum atomic E-state index is 13.3. The average Bonchev–Trinajstić information content (AvgIpc) is 2.39. The van der Waals surface area contributed by atoms with Crippen molar-refractivity contribution in [3.05, 3.63) is 30.1 Å². The van der Waals surface area contributed by atoms with E-state index >= 15 is 0 Å². The quantitative estimate of drug-likeness (QED) is 0.870. The second-order valence-electron chi connectivity index (χ2n) is 4.87. The van der Waals surface area contributed by atoms with Crippen molar-refractivity contribution in [2.24, 2.45) is 0 Å². The lowest BCUT2D eigenvalue weighted by atomic mass is 10.1. The molecule has 0 bridgehead atoms. The van der Waals surface area contributed by atoms with E-state index in [0.717, 1.165) is 19.4 Å². The van der Waals surface area contributed by atoms with Gasteiger partial charge in [-0.3, -0.25) is 4.79 Å². The van der Waals surface area contributed by atoms with Gasteiger partial charge in [0.2, 0.25) is 5.91 Å². The third kappa shape index (κ3) is 4.29. The Labute approximate surface area is 112 Å². The van der Waals surface area contributed by atoms with Crippen LogP contribution in [-0.2, 0) is 4.79 Å². The van der Waals surface area contributed by atoms with Crippen molar-refractivity contribution in [3.63, 3.8) is 0 Å². The van der Waals surface area contributed by atoms with Crippen LogP contribution in [0.4, 0.5) is 10.1 Å². The van der Waals surface area contributed by atoms with Crippen LogP contribution in [0.5, 0.6) is 0 Å². The Kier molecular flexibility index (Phi) is 4.87. The fourth-order valence-corrected chi connectivity index (χ4v) is 2.27. The van der Waals surface area contributed by atoms with Gasteiger partial charge in [-0.15, -0.1) is 0 Å². The van der Waals surface area contributed by atoms with Crippen LogP contribution in [0.1, 0.15) is 19.3 Å². The van der Waals surface area contributed by atoms with Crippen molar-refractivity contribution in [1.29, 1.82) is 0 Å². The van der Waals surface area contributed by atoms with Gasteiger partial charge in [-0.05, 0) is 31.5 Å². The van der Waals surface area contributed by atoms with E-state index < -0.39 is 5.82 Å². The van der Waals surface area contributed by atoms with Crippen molar-refractivity contribution in [3.8, 4) is 0 Å².